The van der Waals surface area contributed by atoms with Crippen LogP contribution in [-0.4, -0.2) is 34.4 Å². The molecule has 3 N–H and O–H groups in total. The zero-order valence-electron chi connectivity index (χ0n) is 13.3. The van der Waals surface area contributed by atoms with E-state index in [9.17, 15) is 42.8 Å². The van der Waals surface area contributed by atoms with E-state index in [1.54, 1.807) is 0 Å². The third-order valence-corrected chi connectivity index (χ3v) is 4.84. The maximum atomic E-state index is 12.8. The Balaban J connectivity index is 0.00000280. The van der Waals surface area contributed by atoms with Gasteiger partial charge in [-0.3, -0.25) is 34.4 Å². The van der Waals surface area contributed by atoms with Gasteiger partial charge in [-0.1, -0.05) is 6.07 Å². The van der Waals surface area contributed by atoms with Crippen molar-refractivity contribution in [1.82, 2.24) is 0 Å². The van der Waals surface area contributed by atoms with Crippen LogP contribution < -0.4 is 5.73 Å². The monoisotopic (exact) mass is 429 g/mol. The van der Waals surface area contributed by atoms with Crippen molar-refractivity contribution in [2.75, 3.05) is 5.73 Å². The van der Waals surface area contributed by atoms with Crippen LogP contribution in [0.25, 0.3) is 0 Å². The molecule has 0 saturated carbocycles. The lowest BCUT2D eigenvalue weighted by atomic mass is 9.81. The van der Waals surface area contributed by atoms with Gasteiger partial charge in [-0.2, -0.15) is 8.42 Å². The van der Waals surface area contributed by atoms with Gasteiger partial charge in [0, 0.05) is 17.7 Å². The largest absolute Gasteiger partial charge is 0.397 e. The van der Waals surface area contributed by atoms with Crippen molar-refractivity contribution in [2.24, 2.45) is 0 Å². The Hall–Kier alpha value is -3.42. The predicted molar refractivity (Wildman–Crippen MR) is 94.5 cm³/mol. The Labute approximate surface area is 161 Å². The first-order valence-corrected chi connectivity index (χ1v) is 8.36. The molecule has 3 rings (SSSR count). The summed E-state index contributed by atoms with van der Waals surface area (Å²) in [5.74, 6) is -2.35. The Morgan fingerprint density at radius 1 is 0.929 bits per heavy atom. The molecule has 0 radical (unpaired) electrons. The lowest BCUT2D eigenvalue weighted by molar-refractivity contribution is -0.385. The van der Waals surface area contributed by atoms with Gasteiger partial charge in [0.1, 0.15) is 16.0 Å². The number of nitro benzene ring substituents is 2. The van der Waals surface area contributed by atoms with Crippen LogP contribution in [0, 0.1) is 20.2 Å². The number of benzene rings is 2. The van der Waals surface area contributed by atoms with Gasteiger partial charge in [0.15, 0.2) is 0 Å². The van der Waals surface area contributed by atoms with Crippen LogP contribution in [-0.2, 0) is 10.1 Å². The average Bonchev–Trinajstić information content (AvgIpc) is 2.57. The highest BCUT2D eigenvalue weighted by molar-refractivity contribution is 7.86. The van der Waals surface area contributed by atoms with Crippen LogP contribution in [0.15, 0.2) is 29.2 Å². The van der Waals surface area contributed by atoms with E-state index in [1.165, 1.54) is 0 Å². The average molecular weight is 430 g/mol. The lowest BCUT2D eigenvalue weighted by Gasteiger charge is -2.19. The molecule has 0 unspecified atom stereocenters. The smallest absolute Gasteiger partial charge is 0.296 e. The topological polar surface area (TPSA) is 201 Å². The fourth-order valence-corrected chi connectivity index (χ4v) is 3.50. The number of hydrogen-bond acceptors (Lipinski definition) is 9. The molecule has 0 heterocycles. The summed E-state index contributed by atoms with van der Waals surface area (Å²) in [6, 6.07) is 3.49. The molecule has 0 bridgehead atoms. The first-order chi connectivity index (χ1) is 12.5. The molecule has 1 aliphatic carbocycles. The van der Waals surface area contributed by atoms with Crippen LogP contribution in [0.1, 0.15) is 31.8 Å². The second-order valence-electron chi connectivity index (χ2n) is 5.40. The molecule has 146 valence electrons. The molecule has 28 heavy (non-hydrogen) atoms. The summed E-state index contributed by atoms with van der Waals surface area (Å²) in [5, 5.41) is 22.5. The second kappa shape index (κ2) is 6.63. The third kappa shape index (κ3) is 2.87. The molecule has 0 amide bonds. The highest BCUT2D eigenvalue weighted by Crippen LogP contribution is 2.41. The lowest BCUT2D eigenvalue weighted by Crippen LogP contribution is -2.26. The van der Waals surface area contributed by atoms with Crippen LogP contribution in [0.5, 0.6) is 0 Å². The first kappa shape index (κ1) is 20.9. The van der Waals surface area contributed by atoms with E-state index < -0.39 is 75.7 Å². The summed E-state index contributed by atoms with van der Waals surface area (Å²) in [5.41, 5.74) is 0.0232. The molecule has 0 saturated heterocycles. The van der Waals surface area contributed by atoms with Crippen molar-refractivity contribution in [3.05, 3.63) is 66.7 Å². The minimum atomic E-state index is -5.09. The van der Waals surface area contributed by atoms with Crippen molar-refractivity contribution in [2.45, 2.75) is 4.90 Å². The molecule has 14 heteroatoms. The normalized spacial score (nSPS) is 12.6. The Morgan fingerprint density at radius 2 is 1.50 bits per heavy atom. The highest BCUT2D eigenvalue weighted by atomic mass is 35.5. The number of nitrogens with zero attached hydrogens (tertiary/aromatic N) is 2. The van der Waals surface area contributed by atoms with Crippen molar-refractivity contribution in [3.63, 3.8) is 0 Å². The molecule has 0 aromatic heterocycles. The third-order valence-electron chi connectivity index (χ3n) is 3.95. The fourth-order valence-electron chi connectivity index (χ4n) is 2.86. The minimum absolute atomic E-state index is 0. The number of nitrogens with two attached hydrogens (primary N) is 1. The summed E-state index contributed by atoms with van der Waals surface area (Å²) in [7, 11) is -5.09. The Morgan fingerprint density at radius 3 is 2.00 bits per heavy atom. The van der Waals surface area contributed by atoms with Gasteiger partial charge >= 0.3 is 0 Å². The summed E-state index contributed by atoms with van der Waals surface area (Å²) >= 11 is 0. The number of ketones is 2. The van der Waals surface area contributed by atoms with E-state index in [0.29, 0.717) is 6.07 Å². The molecule has 0 fully saturated rings. The zero-order chi connectivity index (χ0) is 20.3. The summed E-state index contributed by atoms with van der Waals surface area (Å²) < 4.78 is 32.2. The maximum absolute atomic E-state index is 12.8. The number of nitro groups is 2. The van der Waals surface area contributed by atoms with Gasteiger partial charge in [0.25, 0.3) is 21.5 Å². The molecule has 0 aliphatic heterocycles. The molecule has 0 spiro atoms. The van der Waals surface area contributed by atoms with Crippen molar-refractivity contribution < 1.29 is 32.4 Å². The van der Waals surface area contributed by atoms with E-state index in [-0.39, 0.29) is 12.4 Å². The van der Waals surface area contributed by atoms with Crippen molar-refractivity contribution >= 4 is 51.2 Å². The SMILES string of the molecule is Cl.Nc1c(S(=O)(=O)O)cc([N+](=O)[O-])c2c1C(=O)c1c(cccc1[N+](=O)[O-])C2=O. The van der Waals surface area contributed by atoms with Gasteiger partial charge in [-0.25, -0.2) is 0 Å². The van der Waals surface area contributed by atoms with E-state index in [1.807, 2.05) is 0 Å². The van der Waals surface area contributed by atoms with E-state index in [2.05, 4.69) is 0 Å². The number of hydrogen-bond donors (Lipinski definition) is 2. The number of carbonyl (C=O) groups is 2. The summed E-state index contributed by atoms with van der Waals surface area (Å²) in [6.07, 6.45) is 0. The molecule has 2 aromatic carbocycles. The number of carbonyl (C=O) groups excluding carboxylic acids is 2. The molecular formula is C14H8ClN3O9S. The zero-order valence-corrected chi connectivity index (χ0v) is 14.9. The standard InChI is InChI=1S/C14H7N3O9S.ClH/c15-12-8(27(24,25)26)4-7(17(22)23)10-11(12)14(19)9-5(13(10)18)2-1-3-6(9)16(20)21;/h1-4H,15H2,(H,24,25,26);1H. The van der Waals surface area contributed by atoms with Crippen molar-refractivity contribution in [3.8, 4) is 0 Å². The number of nitrogen functional groups attached to an aromatic ring is 1. The van der Waals surface area contributed by atoms with E-state index in [0.717, 1.165) is 18.2 Å². The van der Waals surface area contributed by atoms with E-state index in [4.69, 9.17) is 5.73 Å². The number of halogens is 1. The number of anilines is 1. The van der Waals surface area contributed by atoms with Gasteiger partial charge in [-0.05, 0) is 6.07 Å². The molecular weight excluding hydrogens is 422 g/mol. The number of rotatable bonds is 3. The van der Waals surface area contributed by atoms with Gasteiger partial charge < -0.3 is 5.73 Å². The minimum Gasteiger partial charge on any atom is -0.397 e. The summed E-state index contributed by atoms with van der Waals surface area (Å²) in [4.78, 5) is 44.8. The van der Waals surface area contributed by atoms with Crippen molar-refractivity contribution in [1.29, 1.82) is 0 Å². The van der Waals surface area contributed by atoms with Gasteiger partial charge in [-0.15, -0.1) is 12.4 Å². The maximum Gasteiger partial charge on any atom is 0.296 e. The van der Waals surface area contributed by atoms with Crippen LogP contribution in [0.3, 0.4) is 0 Å². The predicted octanol–water partition coefficient (Wildman–Crippen LogP) is 1.53. The number of fused-ring (bicyclic) bond motifs is 2. The molecule has 1 aliphatic rings. The highest BCUT2D eigenvalue weighted by Gasteiger charge is 2.43. The quantitative estimate of drug-likeness (QED) is 0.266. The van der Waals surface area contributed by atoms with Gasteiger partial charge in [0.05, 0.1) is 21.1 Å². The Kier molecular flexibility index (Phi) is 4.95. The molecule has 0 atom stereocenters. The van der Waals surface area contributed by atoms with E-state index >= 15 is 0 Å². The molecule has 2 aromatic rings. The van der Waals surface area contributed by atoms with Crippen LogP contribution >= 0.6 is 12.4 Å². The second-order valence-corrected chi connectivity index (χ2v) is 6.79. The van der Waals surface area contributed by atoms with Crippen LogP contribution in [0.4, 0.5) is 17.1 Å². The summed E-state index contributed by atoms with van der Waals surface area (Å²) in [6.45, 7) is 0. The van der Waals surface area contributed by atoms with Crippen LogP contribution in [0.2, 0.25) is 0 Å². The fraction of sp³-hybridized carbons (Fsp3) is 0. The van der Waals surface area contributed by atoms with Gasteiger partial charge in [0.2, 0.25) is 11.6 Å². The first-order valence-electron chi connectivity index (χ1n) is 6.92. The molecule has 12 nitrogen and oxygen atoms in total. The Bertz CT molecular complexity index is 1210.